The quantitative estimate of drug-likeness (QED) is 0.696. The third-order valence-electron chi connectivity index (χ3n) is 4.64. The lowest BCUT2D eigenvalue weighted by Crippen LogP contribution is -2.47. The highest BCUT2D eigenvalue weighted by Crippen LogP contribution is 2.20. The molecule has 0 saturated carbocycles. The number of thiazole rings is 1. The molecule has 3 unspecified atom stereocenters. The number of hydrogen-bond donors (Lipinski definition) is 2. The maximum Gasteiger partial charge on any atom is 0.262 e. The first-order chi connectivity index (χ1) is 13.8. The molecule has 2 aromatic rings. The summed E-state index contributed by atoms with van der Waals surface area (Å²) in [6.07, 6.45) is 0.408. The zero-order valence-electron chi connectivity index (χ0n) is 17.2. The van der Waals surface area contributed by atoms with Gasteiger partial charge in [-0.15, -0.1) is 22.7 Å². The van der Waals surface area contributed by atoms with Crippen LogP contribution in [-0.4, -0.2) is 53.0 Å². The summed E-state index contributed by atoms with van der Waals surface area (Å²) in [5.41, 5.74) is 0.926. The minimum Gasteiger partial charge on any atom is -0.373 e. The molecule has 3 heterocycles. The molecule has 2 aromatic heterocycles. The number of ether oxygens (including phenoxy) is 1. The Morgan fingerprint density at radius 1 is 1.28 bits per heavy atom. The minimum atomic E-state index is -0.627. The predicted octanol–water partition coefficient (Wildman–Crippen LogP) is 3.21. The number of rotatable bonds is 7. The Labute approximate surface area is 179 Å². The van der Waals surface area contributed by atoms with Crippen molar-refractivity contribution < 1.29 is 14.3 Å². The van der Waals surface area contributed by atoms with Gasteiger partial charge in [-0.1, -0.05) is 19.9 Å². The van der Waals surface area contributed by atoms with Gasteiger partial charge in [0.2, 0.25) is 5.91 Å². The molecular formula is C20H28N4O3S2. The fourth-order valence-electron chi connectivity index (χ4n) is 3.42. The largest absolute Gasteiger partial charge is 0.373 e. The molecule has 0 bridgehead atoms. The van der Waals surface area contributed by atoms with Crippen LogP contribution in [0.15, 0.2) is 22.9 Å². The maximum atomic E-state index is 12.8. The standard InChI is InChI=1S/C20H28N4O3S2/c1-12(2)17(22-18(25)16-6-5-7-28-16)19(26)23-20-21-15(11-29-20)10-24-8-13(3)27-14(4)9-24/h5-7,11-14,17H,8-10H2,1-4H3,(H,22,25)(H,21,23,26). The molecule has 158 valence electrons. The number of nitrogens with zero attached hydrogens (tertiary/aromatic N) is 2. The second-order valence-electron chi connectivity index (χ2n) is 7.76. The van der Waals surface area contributed by atoms with Crippen LogP contribution in [-0.2, 0) is 16.1 Å². The molecule has 1 saturated heterocycles. The van der Waals surface area contributed by atoms with E-state index in [-0.39, 0.29) is 29.9 Å². The Morgan fingerprint density at radius 2 is 2.00 bits per heavy atom. The number of aromatic nitrogens is 1. The summed E-state index contributed by atoms with van der Waals surface area (Å²) >= 11 is 2.76. The van der Waals surface area contributed by atoms with Crippen LogP contribution in [0.25, 0.3) is 0 Å². The fraction of sp³-hybridized carbons (Fsp3) is 0.550. The van der Waals surface area contributed by atoms with Crippen LogP contribution >= 0.6 is 22.7 Å². The van der Waals surface area contributed by atoms with Crippen molar-refractivity contribution in [1.82, 2.24) is 15.2 Å². The lowest BCUT2D eigenvalue weighted by atomic mass is 10.0. The van der Waals surface area contributed by atoms with Gasteiger partial charge < -0.3 is 15.4 Å². The van der Waals surface area contributed by atoms with Gasteiger partial charge in [-0.3, -0.25) is 14.5 Å². The van der Waals surface area contributed by atoms with Gasteiger partial charge in [0, 0.05) is 25.0 Å². The third kappa shape index (κ3) is 6.08. The van der Waals surface area contributed by atoms with E-state index < -0.39 is 6.04 Å². The van der Waals surface area contributed by atoms with E-state index in [0.29, 0.717) is 10.0 Å². The predicted molar refractivity (Wildman–Crippen MR) is 116 cm³/mol. The summed E-state index contributed by atoms with van der Waals surface area (Å²) in [5.74, 6) is -0.529. The van der Waals surface area contributed by atoms with Gasteiger partial charge in [0.15, 0.2) is 5.13 Å². The van der Waals surface area contributed by atoms with Crippen molar-refractivity contribution in [3.05, 3.63) is 33.5 Å². The van der Waals surface area contributed by atoms with Crippen molar-refractivity contribution in [3.63, 3.8) is 0 Å². The smallest absolute Gasteiger partial charge is 0.262 e. The SMILES string of the molecule is CC1CN(Cc2csc(NC(=O)C(NC(=O)c3cccs3)C(C)C)n2)CC(C)O1. The highest BCUT2D eigenvalue weighted by molar-refractivity contribution is 7.14. The van der Waals surface area contributed by atoms with E-state index in [0.717, 1.165) is 25.3 Å². The Hall–Kier alpha value is -1.81. The van der Waals surface area contributed by atoms with Crippen LogP contribution in [0, 0.1) is 5.92 Å². The highest BCUT2D eigenvalue weighted by Gasteiger charge is 2.26. The van der Waals surface area contributed by atoms with Gasteiger partial charge in [0.1, 0.15) is 6.04 Å². The molecule has 0 radical (unpaired) electrons. The summed E-state index contributed by atoms with van der Waals surface area (Å²) in [7, 11) is 0. The average Bonchev–Trinajstić information content (AvgIpc) is 3.30. The first kappa shape index (κ1) is 21.9. The summed E-state index contributed by atoms with van der Waals surface area (Å²) in [6, 6.07) is 2.94. The van der Waals surface area contributed by atoms with Crippen LogP contribution in [0.5, 0.6) is 0 Å². The van der Waals surface area contributed by atoms with Crippen molar-refractivity contribution in [2.75, 3.05) is 18.4 Å². The molecule has 9 heteroatoms. The molecule has 0 aliphatic carbocycles. The van der Waals surface area contributed by atoms with Crippen LogP contribution in [0.4, 0.5) is 5.13 Å². The van der Waals surface area contributed by atoms with Gasteiger partial charge in [-0.05, 0) is 31.2 Å². The second kappa shape index (κ2) is 9.80. The average molecular weight is 437 g/mol. The normalized spacial score (nSPS) is 21.1. The number of carbonyl (C=O) groups is 2. The van der Waals surface area contributed by atoms with Gasteiger partial charge in [0.25, 0.3) is 5.91 Å². The van der Waals surface area contributed by atoms with Crippen molar-refractivity contribution in [2.45, 2.75) is 52.5 Å². The van der Waals surface area contributed by atoms with E-state index >= 15 is 0 Å². The van der Waals surface area contributed by atoms with E-state index in [1.54, 1.807) is 6.07 Å². The number of nitrogens with one attached hydrogen (secondary N) is 2. The number of anilines is 1. The van der Waals surface area contributed by atoms with Crippen molar-refractivity contribution in [3.8, 4) is 0 Å². The molecule has 3 atom stereocenters. The van der Waals surface area contributed by atoms with Crippen LogP contribution in [0.3, 0.4) is 0 Å². The summed E-state index contributed by atoms with van der Waals surface area (Å²) < 4.78 is 5.77. The first-order valence-electron chi connectivity index (χ1n) is 9.79. The summed E-state index contributed by atoms with van der Waals surface area (Å²) in [5, 5.41) is 10.1. The van der Waals surface area contributed by atoms with Gasteiger partial charge in [0.05, 0.1) is 22.8 Å². The van der Waals surface area contributed by atoms with E-state index in [9.17, 15) is 9.59 Å². The molecule has 0 spiro atoms. The lowest BCUT2D eigenvalue weighted by molar-refractivity contribution is -0.118. The van der Waals surface area contributed by atoms with E-state index in [4.69, 9.17) is 4.74 Å². The minimum absolute atomic E-state index is 0.0466. The number of hydrogen-bond acceptors (Lipinski definition) is 7. The van der Waals surface area contributed by atoms with Crippen LogP contribution in [0.1, 0.15) is 43.1 Å². The molecule has 2 amide bonds. The summed E-state index contributed by atoms with van der Waals surface area (Å²) in [6.45, 7) is 10.4. The zero-order chi connectivity index (χ0) is 21.0. The van der Waals surface area contributed by atoms with Gasteiger partial charge in [-0.2, -0.15) is 0 Å². The number of thiophene rings is 1. The molecule has 2 N–H and O–H groups in total. The molecule has 3 rings (SSSR count). The molecule has 1 fully saturated rings. The number of carbonyl (C=O) groups excluding carboxylic acids is 2. The maximum absolute atomic E-state index is 12.8. The van der Waals surface area contributed by atoms with E-state index in [2.05, 4.69) is 34.4 Å². The highest BCUT2D eigenvalue weighted by atomic mass is 32.1. The van der Waals surface area contributed by atoms with Crippen LogP contribution < -0.4 is 10.6 Å². The van der Waals surface area contributed by atoms with Crippen molar-refractivity contribution in [2.24, 2.45) is 5.92 Å². The van der Waals surface area contributed by atoms with Gasteiger partial charge in [-0.25, -0.2) is 4.98 Å². The summed E-state index contributed by atoms with van der Waals surface area (Å²) in [4.78, 5) is 32.6. The number of amides is 2. The lowest BCUT2D eigenvalue weighted by Gasteiger charge is -2.34. The first-order valence-corrected chi connectivity index (χ1v) is 11.5. The molecule has 0 aromatic carbocycles. The Bertz CT molecular complexity index is 812. The zero-order valence-corrected chi connectivity index (χ0v) is 18.8. The van der Waals surface area contributed by atoms with Crippen LogP contribution in [0.2, 0.25) is 0 Å². The topological polar surface area (TPSA) is 83.6 Å². The van der Waals surface area contributed by atoms with Crippen molar-refractivity contribution in [1.29, 1.82) is 0 Å². The molecule has 7 nitrogen and oxygen atoms in total. The Kier molecular flexibility index (Phi) is 7.39. The molecule has 1 aliphatic heterocycles. The molecule has 29 heavy (non-hydrogen) atoms. The number of morpholine rings is 1. The monoisotopic (exact) mass is 436 g/mol. The van der Waals surface area contributed by atoms with Crippen molar-refractivity contribution >= 4 is 39.6 Å². The molecular weight excluding hydrogens is 408 g/mol. The third-order valence-corrected chi connectivity index (χ3v) is 6.32. The molecule has 1 aliphatic rings. The fourth-order valence-corrected chi connectivity index (χ4v) is 4.75. The van der Waals surface area contributed by atoms with E-state index in [1.807, 2.05) is 30.7 Å². The Balaban J connectivity index is 1.58. The second-order valence-corrected chi connectivity index (χ2v) is 9.56. The van der Waals surface area contributed by atoms with Gasteiger partial charge >= 0.3 is 0 Å². The Morgan fingerprint density at radius 3 is 2.62 bits per heavy atom. The van der Waals surface area contributed by atoms with E-state index in [1.165, 1.54) is 22.7 Å².